The molecule has 78 heavy (non-hydrogen) atoms. The molecule has 0 unspecified atom stereocenters. The third kappa shape index (κ3) is 24.5. The third-order valence-corrected chi connectivity index (χ3v) is 13.5. The lowest BCUT2D eigenvalue weighted by atomic mass is 9.85. The molecule has 0 radical (unpaired) electrons. The van der Waals surface area contributed by atoms with Gasteiger partial charge in [-0.05, 0) is 74.5 Å². The molecule has 434 valence electrons. The van der Waals surface area contributed by atoms with Crippen molar-refractivity contribution in [1.82, 2.24) is 41.6 Å². The summed E-state index contributed by atoms with van der Waals surface area (Å²) < 4.78 is 1.43. The molecular formula is C54H83N9O15. The lowest BCUT2D eigenvalue weighted by molar-refractivity contribution is -0.144. The molecule has 10 atom stereocenters. The van der Waals surface area contributed by atoms with Crippen LogP contribution in [-0.4, -0.2) is 136 Å². The molecule has 0 bridgehead atoms. The van der Waals surface area contributed by atoms with Crippen LogP contribution in [0.5, 0.6) is 5.75 Å². The van der Waals surface area contributed by atoms with Crippen LogP contribution in [0.4, 0.5) is 0 Å². The SMILES string of the molecule is CC[C@@H](C)[C@@H](N)C(=O)C[C@@H](C(=O)N[C@H](CC(=O)O)C(=O)C[C@H](C)C(=O)N[C@H](CCC(=O)O)C(=O)C[C@H](Cc1cn(CCCC[C@H](NC(C)=O)C(=O)N[C@H](Cc2ccc(O)cc2)C(=O)N[C@@H](C)CC(C)C)nn1)C(=O)O)C(C)C. The van der Waals surface area contributed by atoms with Crippen molar-refractivity contribution in [3.05, 3.63) is 41.7 Å². The van der Waals surface area contributed by atoms with Crippen molar-refractivity contribution in [2.24, 2.45) is 41.2 Å². The van der Waals surface area contributed by atoms with E-state index in [0.29, 0.717) is 37.2 Å². The maximum Gasteiger partial charge on any atom is 0.307 e. The van der Waals surface area contributed by atoms with E-state index >= 15 is 0 Å². The van der Waals surface area contributed by atoms with E-state index in [1.54, 1.807) is 32.9 Å². The number of aromatic hydroxyl groups is 1. The largest absolute Gasteiger partial charge is 0.508 e. The number of carbonyl (C=O) groups excluding carboxylic acids is 8. The minimum atomic E-state index is -1.60. The smallest absolute Gasteiger partial charge is 0.307 e. The summed E-state index contributed by atoms with van der Waals surface area (Å²) in [6.45, 7) is 15.7. The molecule has 0 aliphatic rings. The summed E-state index contributed by atoms with van der Waals surface area (Å²) in [4.78, 5) is 142. The summed E-state index contributed by atoms with van der Waals surface area (Å²) in [5, 5.41) is 60.3. The first-order valence-electron chi connectivity index (χ1n) is 26.7. The molecule has 2 aromatic rings. The molecule has 1 heterocycles. The number of nitrogens with one attached hydrogen (secondary N) is 5. The number of unbranched alkanes of at least 4 members (excludes halogenated alkanes) is 1. The van der Waals surface area contributed by atoms with Gasteiger partial charge in [-0.15, -0.1) is 5.10 Å². The molecule has 0 saturated carbocycles. The summed E-state index contributed by atoms with van der Waals surface area (Å²) in [5.41, 5.74) is 6.96. The highest BCUT2D eigenvalue weighted by Crippen LogP contribution is 2.22. The van der Waals surface area contributed by atoms with Crippen LogP contribution in [-0.2, 0) is 72.1 Å². The van der Waals surface area contributed by atoms with E-state index in [-0.39, 0.29) is 61.4 Å². The highest BCUT2D eigenvalue weighted by Gasteiger charge is 2.35. The number of amides is 5. The average molecular weight is 1100 g/mol. The Morgan fingerprint density at radius 2 is 1.24 bits per heavy atom. The molecule has 24 nitrogen and oxygen atoms in total. The zero-order valence-corrected chi connectivity index (χ0v) is 46.4. The molecule has 24 heteroatoms. The number of Topliss-reactive ketones (excluding diaryl/α,β-unsaturated/α-hetero) is 3. The zero-order chi connectivity index (χ0) is 59.0. The molecule has 2 rings (SSSR count). The predicted molar refractivity (Wildman–Crippen MR) is 284 cm³/mol. The fourth-order valence-electron chi connectivity index (χ4n) is 8.71. The number of nitrogens with two attached hydrogens (primary N) is 1. The van der Waals surface area contributed by atoms with Crippen molar-refractivity contribution in [3.8, 4) is 5.75 Å². The zero-order valence-electron chi connectivity index (χ0n) is 46.4. The molecule has 1 aromatic carbocycles. The first kappa shape index (κ1) is 67.0. The second-order valence-electron chi connectivity index (χ2n) is 21.3. The van der Waals surface area contributed by atoms with Gasteiger partial charge in [0.05, 0.1) is 36.2 Å². The Bertz CT molecular complexity index is 2370. The quantitative estimate of drug-likeness (QED) is 0.0432. The van der Waals surface area contributed by atoms with Crippen LogP contribution < -0.4 is 32.3 Å². The van der Waals surface area contributed by atoms with E-state index in [1.807, 2.05) is 27.7 Å². The Morgan fingerprint density at radius 1 is 0.641 bits per heavy atom. The lowest BCUT2D eigenvalue weighted by Gasteiger charge is -2.26. The molecule has 1 aromatic heterocycles. The van der Waals surface area contributed by atoms with Gasteiger partial charge in [0.25, 0.3) is 0 Å². The van der Waals surface area contributed by atoms with Gasteiger partial charge in [-0.25, -0.2) is 0 Å². The van der Waals surface area contributed by atoms with Gasteiger partial charge in [-0.1, -0.05) is 72.2 Å². The van der Waals surface area contributed by atoms with Crippen LogP contribution in [0.2, 0.25) is 0 Å². The Labute approximate surface area is 455 Å². The van der Waals surface area contributed by atoms with Crippen LogP contribution in [0.1, 0.15) is 144 Å². The van der Waals surface area contributed by atoms with Gasteiger partial charge in [-0.3, -0.25) is 57.4 Å². The van der Waals surface area contributed by atoms with E-state index in [4.69, 9.17) is 5.73 Å². The predicted octanol–water partition coefficient (Wildman–Crippen LogP) is 2.65. The number of hydrogen-bond acceptors (Lipinski definition) is 15. The van der Waals surface area contributed by atoms with E-state index < -0.39 is 145 Å². The maximum atomic E-state index is 13.7. The van der Waals surface area contributed by atoms with Crippen molar-refractivity contribution in [2.75, 3.05) is 0 Å². The summed E-state index contributed by atoms with van der Waals surface area (Å²) in [7, 11) is 0. The standard InChI is InChI=1S/C54H83N9O15/c1-10-31(6)49(55)46(68)26-39(30(4)5)51(74)59-42(27-48(71)72)44(66)22-32(7)50(73)58-40(18-19-47(69)70)45(67)25-36(54(77)78)24-37-28-63(62-61-37)20-12-11-13-41(57-34(9)64)52(75)60-43(23-35-14-16-38(65)17-15-35)53(76)56-33(8)21-29(2)3/h14-17,28-33,36,39-43,49,65H,10-13,18-27,55H2,1-9H3,(H,56,76)(H,57,64)(H,58,73)(H,59,74)(H,60,75)(H,69,70)(H,71,72)(H,77,78)/t31-,32+,33+,36+,39-,40-,41+,42-,43-,49-/m1/s1. The monoisotopic (exact) mass is 1100 g/mol. The second-order valence-corrected chi connectivity index (χ2v) is 21.3. The number of aryl methyl sites for hydroxylation is 1. The Kier molecular flexibility index (Phi) is 28.6. The minimum Gasteiger partial charge on any atom is -0.508 e. The van der Waals surface area contributed by atoms with Gasteiger partial charge in [0.2, 0.25) is 29.5 Å². The van der Waals surface area contributed by atoms with E-state index in [9.17, 15) is 73.2 Å². The first-order chi connectivity index (χ1) is 36.5. The number of phenols is 1. The van der Waals surface area contributed by atoms with Gasteiger partial charge in [-0.2, -0.15) is 0 Å². The van der Waals surface area contributed by atoms with Gasteiger partial charge < -0.3 is 52.7 Å². The number of carboxylic acids is 3. The molecule has 5 amide bonds. The van der Waals surface area contributed by atoms with Crippen LogP contribution in [0.3, 0.4) is 0 Å². The Balaban J connectivity index is 2.13. The topological polar surface area (TPSA) is 386 Å². The van der Waals surface area contributed by atoms with E-state index in [0.717, 1.165) is 0 Å². The number of carboxylic acid groups (broad SMARTS) is 3. The number of aliphatic carboxylic acids is 3. The van der Waals surface area contributed by atoms with Gasteiger partial charge in [0, 0.05) is 76.1 Å². The van der Waals surface area contributed by atoms with Crippen LogP contribution in [0, 0.1) is 35.5 Å². The van der Waals surface area contributed by atoms with Gasteiger partial charge in [0.1, 0.15) is 17.8 Å². The normalized spacial score (nSPS) is 15.2. The van der Waals surface area contributed by atoms with E-state index in [1.165, 1.54) is 36.9 Å². The molecular weight excluding hydrogens is 1010 g/mol. The van der Waals surface area contributed by atoms with Crippen molar-refractivity contribution in [2.45, 2.75) is 189 Å². The third-order valence-electron chi connectivity index (χ3n) is 13.5. The Morgan fingerprint density at radius 3 is 1.81 bits per heavy atom. The van der Waals surface area contributed by atoms with Crippen molar-refractivity contribution in [1.29, 1.82) is 0 Å². The van der Waals surface area contributed by atoms with Crippen LogP contribution >= 0.6 is 0 Å². The summed E-state index contributed by atoms with van der Waals surface area (Å²) >= 11 is 0. The second kappa shape index (κ2) is 33.2. The number of hydrogen-bond donors (Lipinski definition) is 10. The van der Waals surface area contributed by atoms with Crippen LogP contribution in [0.15, 0.2) is 30.5 Å². The van der Waals surface area contributed by atoms with Crippen molar-refractivity contribution in [3.63, 3.8) is 0 Å². The molecule has 0 saturated heterocycles. The average Bonchev–Trinajstić information content (AvgIpc) is 3.80. The van der Waals surface area contributed by atoms with Crippen molar-refractivity contribution >= 4 is 64.8 Å². The number of benzene rings is 1. The lowest BCUT2D eigenvalue weighted by Crippen LogP contribution is -2.55. The number of aromatic nitrogens is 3. The number of nitrogens with zero attached hydrogens (tertiary/aromatic N) is 3. The summed E-state index contributed by atoms with van der Waals surface area (Å²) in [6.07, 6.45) is 0.158. The summed E-state index contributed by atoms with van der Waals surface area (Å²) in [6, 6.07) is 0.0871. The number of phenolic OH excluding ortho intramolecular Hbond substituents is 1. The molecule has 11 N–H and O–H groups in total. The Hall–Kier alpha value is -7.11. The fraction of sp³-hybridized carbons (Fsp3) is 0.648. The minimum absolute atomic E-state index is 0.0374. The fourth-order valence-corrected chi connectivity index (χ4v) is 8.71. The number of carbonyl (C=O) groups is 11. The number of ketones is 3. The molecule has 0 aliphatic carbocycles. The molecule has 0 fully saturated rings. The summed E-state index contributed by atoms with van der Waals surface area (Å²) in [5.74, 6) is -13.1. The van der Waals surface area contributed by atoms with Crippen LogP contribution in [0.25, 0.3) is 0 Å². The molecule has 0 aliphatic heterocycles. The highest BCUT2D eigenvalue weighted by molar-refractivity contribution is 5.97. The maximum absolute atomic E-state index is 13.7. The van der Waals surface area contributed by atoms with E-state index in [2.05, 4.69) is 36.9 Å². The van der Waals surface area contributed by atoms with Crippen molar-refractivity contribution < 1.29 is 73.2 Å². The molecule has 0 spiro atoms. The first-order valence-corrected chi connectivity index (χ1v) is 26.7. The van der Waals surface area contributed by atoms with Gasteiger partial charge in [0.15, 0.2) is 17.3 Å². The number of rotatable bonds is 38. The van der Waals surface area contributed by atoms with Gasteiger partial charge >= 0.3 is 17.9 Å². The highest BCUT2D eigenvalue weighted by atomic mass is 16.4.